The minimum Gasteiger partial charge on any atom is -0.493 e. The van der Waals surface area contributed by atoms with Crippen LogP contribution in [-0.2, 0) is 37.1 Å². The Morgan fingerprint density at radius 2 is 1.62 bits per heavy atom. The van der Waals surface area contributed by atoms with Gasteiger partial charge in [0.25, 0.3) is 0 Å². The fourth-order valence-corrected chi connectivity index (χ4v) is 6.21. The summed E-state index contributed by atoms with van der Waals surface area (Å²) in [6.45, 7) is 6.57. The van der Waals surface area contributed by atoms with Crippen LogP contribution in [0.4, 0.5) is 13.2 Å². The quantitative estimate of drug-likeness (QED) is 0.383. The van der Waals surface area contributed by atoms with Gasteiger partial charge in [0, 0.05) is 30.3 Å². The largest absolute Gasteiger partial charge is 0.493 e. The van der Waals surface area contributed by atoms with Crippen LogP contribution in [0.25, 0.3) is 0 Å². The molecule has 2 aliphatic heterocycles. The van der Waals surface area contributed by atoms with Gasteiger partial charge in [-0.3, -0.25) is 9.69 Å². The van der Waals surface area contributed by atoms with Gasteiger partial charge in [0.15, 0.2) is 16.1 Å². The molecule has 1 amide bonds. The van der Waals surface area contributed by atoms with Gasteiger partial charge in [-0.1, -0.05) is 44.2 Å². The van der Waals surface area contributed by atoms with Gasteiger partial charge in [-0.25, -0.2) is 13.2 Å². The molecule has 2 aromatic rings. The van der Waals surface area contributed by atoms with Crippen LogP contribution in [0, 0.1) is 11.3 Å². The molecule has 0 aliphatic carbocycles. The Hall–Kier alpha value is -3.12. The number of halogens is 3. The predicted octanol–water partition coefficient (Wildman–Crippen LogP) is 4.61. The number of carbonyl (C=O) groups excluding carboxylic acids is 2. The van der Waals surface area contributed by atoms with E-state index in [2.05, 4.69) is 18.7 Å². The molecule has 12 heteroatoms. The third kappa shape index (κ3) is 7.63. The van der Waals surface area contributed by atoms with E-state index in [0.29, 0.717) is 57.0 Å². The van der Waals surface area contributed by atoms with E-state index in [1.54, 1.807) is 0 Å². The lowest BCUT2D eigenvalue weighted by Crippen LogP contribution is -2.51. The van der Waals surface area contributed by atoms with Crippen molar-refractivity contribution in [2.24, 2.45) is 11.3 Å². The second-order valence-corrected chi connectivity index (χ2v) is 13.7. The summed E-state index contributed by atoms with van der Waals surface area (Å²) in [7, 11) is -3.42. The van der Waals surface area contributed by atoms with Gasteiger partial charge in [0.1, 0.15) is 5.75 Å². The van der Waals surface area contributed by atoms with E-state index in [0.717, 1.165) is 17.6 Å². The molecule has 230 valence electrons. The van der Waals surface area contributed by atoms with Gasteiger partial charge in [0.2, 0.25) is 5.91 Å². The van der Waals surface area contributed by atoms with Crippen molar-refractivity contribution in [2.75, 3.05) is 32.5 Å². The summed E-state index contributed by atoms with van der Waals surface area (Å²) in [6, 6.07) is 13.5. The smallest absolute Gasteiger partial charge is 0.491 e. The van der Waals surface area contributed by atoms with E-state index in [1.165, 1.54) is 29.2 Å². The fourth-order valence-electron chi connectivity index (χ4n) is 5.58. The van der Waals surface area contributed by atoms with Crippen molar-refractivity contribution in [1.82, 2.24) is 9.80 Å². The fraction of sp³-hybridized carbons (Fsp3) is 0.533. The average Bonchev–Trinajstić information content (AvgIpc) is 3.26. The maximum absolute atomic E-state index is 13.3. The van der Waals surface area contributed by atoms with Crippen LogP contribution in [0.5, 0.6) is 5.75 Å². The van der Waals surface area contributed by atoms with Crippen molar-refractivity contribution >= 4 is 21.7 Å². The highest BCUT2D eigenvalue weighted by Crippen LogP contribution is 2.47. The molecule has 42 heavy (non-hydrogen) atoms. The molecule has 0 radical (unpaired) electrons. The maximum Gasteiger partial charge on any atom is 0.491 e. The highest BCUT2D eigenvalue weighted by molar-refractivity contribution is 7.90. The molecule has 4 rings (SSSR count). The minimum atomic E-state index is -5.19. The maximum atomic E-state index is 13.3. The molecule has 1 unspecified atom stereocenters. The number of likely N-dealkylation sites (tertiary alicyclic amines) is 2. The molecule has 2 aliphatic rings. The normalized spacial score (nSPS) is 19.3. The molecule has 0 saturated carbocycles. The van der Waals surface area contributed by atoms with Crippen LogP contribution in [-0.4, -0.2) is 75.0 Å². The number of benzene rings is 2. The number of piperidine rings is 1. The lowest BCUT2D eigenvalue weighted by molar-refractivity contribution is -0.219. The minimum absolute atomic E-state index is 0.0941. The Kier molecular flexibility index (Phi) is 9.56. The molecule has 1 spiro atoms. The SMILES string of the molecule is CC(C)COc1ccccc1CN1CCC2(CC1)CCN(C(=O)Cc1ccc(S(C)(=O)=O)cc1)C2OC(=O)C(F)(F)F. The summed E-state index contributed by atoms with van der Waals surface area (Å²) in [5.74, 6) is -1.64. The van der Waals surface area contributed by atoms with Crippen molar-refractivity contribution < 1.29 is 40.7 Å². The van der Waals surface area contributed by atoms with Gasteiger partial charge < -0.3 is 14.4 Å². The van der Waals surface area contributed by atoms with Crippen molar-refractivity contribution in [2.45, 2.75) is 63.4 Å². The number of hydrogen-bond donors (Lipinski definition) is 0. The molecule has 2 aromatic carbocycles. The van der Waals surface area contributed by atoms with E-state index in [-0.39, 0.29) is 17.9 Å². The number of para-hydroxylation sites is 1. The average molecular weight is 611 g/mol. The Morgan fingerprint density at radius 3 is 2.21 bits per heavy atom. The van der Waals surface area contributed by atoms with Crippen LogP contribution < -0.4 is 4.74 Å². The number of rotatable bonds is 9. The second kappa shape index (κ2) is 12.6. The van der Waals surface area contributed by atoms with Crippen LogP contribution in [0.2, 0.25) is 0 Å². The van der Waals surface area contributed by atoms with E-state index >= 15 is 0 Å². The number of nitrogens with zero attached hydrogens (tertiary/aromatic N) is 2. The number of ether oxygens (including phenoxy) is 2. The van der Waals surface area contributed by atoms with Crippen molar-refractivity contribution in [3.05, 3.63) is 59.7 Å². The molecule has 0 N–H and O–H groups in total. The van der Waals surface area contributed by atoms with Crippen LogP contribution in [0.1, 0.15) is 44.2 Å². The Bertz CT molecular complexity index is 1370. The van der Waals surface area contributed by atoms with Crippen molar-refractivity contribution in [3.8, 4) is 5.75 Å². The third-order valence-electron chi connectivity index (χ3n) is 7.93. The number of carbonyl (C=O) groups is 2. The standard InChI is InChI=1S/C30H37F3N2O6S/c1-21(2)20-40-25-7-5-4-6-23(25)19-34-15-12-29(13-16-34)14-17-35(27(29)41-28(37)30(31,32)33)26(36)18-22-8-10-24(11-9-22)42(3,38)39/h4-11,21,27H,12-20H2,1-3H3. The van der Waals surface area contributed by atoms with Gasteiger partial charge in [-0.05, 0) is 62.0 Å². The zero-order valence-corrected chi connectivity index (χ0v) is 24.8. The van der Waals surface area contributed by atoms with E-state index in [1.807, 2.05) is 24.3 Å². The van der Waals surface area contributed by atoms with Crippen LogP contribution in [0.3, 0.4) is 0 Å². The third-order valence-corrected chi connectivity index (χ3v) is 9.05. The first-order chi connectivity index (χ1) is 19.7. The monoisotopic (exact) mass is 610 g/mol. The van der Waals surface area contributed by atoms with E-state index in [4.69, 9.17) is 9.47 Å². The lowest BCUT2D eigenvalue weighted by Gasteiger charge is -2.43. The Morgan fingerprint density at radius 1 is 1.00 bits per heavy atom. The molecule has 0 aromatic heterocycles. The zero-order valence-electron chi connectivity index (χ0n) is 24.0. The number of amides is 1. The topological polar surface area (TPSA) is 93.2 Å². The summed E-state index contributed by atoms with van der Waals surface area (Å²) in [5.41, 5.74) is 0.711. The van der Waals surface area contributed by atoms with Crippen molar-refractivity contribution in [1.29, 1.82) is 0 Å². The van der Waals surface area contributed by atoms with Crippen LogP contribution in [0.15, 0.2) is 53.4 Å². The molecule has 0 bridgehead atoms. The van der Waals surface area contributed by atoms with E-state index < -0.39 is 39.5 Å². The van der Waals surface area contributed by atoms with Gasteiger partial charge >= 0.3 is 12.1 Å². The van der Waals surface area contributed by atoms with Gasteiger partial charge in [-0.2, -0.15) is 13.2 Å². The molecule has 2 heterocycles. The van der Waals surface area contributed by atoms with Crippen molar-refractivity contribution in [3.63, 3.8) is 0 Å². The number of hydrogen-bond acceptors (Lipinski definition) is 7. The first kappa shape index (κ1) is 31.8. The molecule has 2 saturated heterocycles. The highest BCUT2D eigenvalue weighted by atomic mass is 32.2. The first-order valence-corrected chi connectivity index (χ1v) is 15.9. The second-order valence-electron chi connectivity index (χ2n) is 11.6. The van der Waals surface area contributed by atoms with E-state index in [9.17, 15) is 31.2 Å². The predicted molar refractivity (Wildman–Crippen MR) is 149 cm³/mol. The Labute approximate surface area is 244 Å². The summed E-state index contributed by atoms with van der Waals surface area (Å²) in [6.07, 6.45) is -4.34. The van der Waals surface area contributed by atoms with Gasteiger partial charge in [-0.15, -0.1) is 0 Å². The summed E-state index contributed by atoms with van der Waals surface area (Å²) in [4.78, 5) is 28.8. The molecular formula is C30H37F3N2O6S. The lowest BCUT2D eigenvalue weighted by atomic mass is 9.76. The van der Waals surface area contributed by atoms with Crippen LogP contribution >= 0.6 is 0 Å². The summed E-state index contributed by atoms with van der Waals surface area (Å²) >= 11 is 0. The zero-order chi connectivity index (χ0) is 30.7. The number of alkyl halides is 3. The molecular weight excluding hydrogens is 573 g/mol. The highest BCUT2D eigenvalue weighted by Gasteiger charge is 2.55. The first-order valence-electron chi connectivity index (χ1n) is 14.0. The number of sulfone groups is 1. The Balaban J connectivity index is 1.48. The molecule has 8 nitrogen and oxygen atoms in total. The van der Waals surface area contributed by atoms with Gasteiger partial charge in [0.05, 0.1) is 17.9 Å². The molecule has 2 fully saturated rings. The summed E-state index contributed by atoms with van der Waals surface area (Å²) < 4.78 is 74.3. The molecule has 1 atom stereocenters. The number of esters is 1. The summed E-state index contributed by atoms with van der Waals surface area (Å²) in [5, 5.41) is 0.